The van der Waals surface area contributed by atoms with Gasteiger partial charge in [-0.3, -0.25) is 4.68 Å². The molecule has 0 N–H and O–H groups in total. The van der Waals surface area contributed by atoms with Crippen LogP contribution in [0.25, 0.3) is 0 Å². The molecule has 0 spiro atoms. The molecule has 1 aliphatic rings. The van der Waals surface area contributed by atoms with Crippen molar-refractivity contribution in [2.75, 3.05) is 19.6 Å². The molecule has 1 aromatic carbocycles. The lowest BCUT2D eigenvalue weighted by atomic mass is 9.97. The summed E-state index contributed by atoms with van der Waals surface area (Å²) in [4.78, 5) is 6.65. The second-order valence-corrected chi connectivity index (χ2v) is 6.02. The van der Waals surface area contributed by atoms with Gasteiger partial charge in [0.1, 0.15) is 12.7 Å². The van der Waals surface area contributed by atoms with E-state index in [2.05, 4.69) is 45.3 Å². The third-order valence-electron chi connectivity index (χ3n) is 4.30. The Morgan fingerprint density at radius 1 is 1.19 bits per heavy atom. The summed E-state index contributed by atoms with van der Waals surface area (Å²) in [6, 6.07) is 10.8. The van der Waals surface area contributed by atoms with Crippen molar-refractivity contribution in [3.63, 3.8) is 0 Å². The molecule has 4 nitrogen and oxygen atoms in total. The van der Waals surface area contributed by atoms with Crippen molar-refractivity contribution >= 4 is 0 Å². The summed E-state index contributed by atoms with van der Waals surface area (Å²) in [5.41, 5.74) is 1.45. The molecule has 112 valence electrons. The highest BCUT2D eigenvalue weighted by atomic mass is 15.3. The molecule has 0 aliphatic carbocycles. The maximum absolute atomic E-state index is 4.22. The number of benzene rings is 1. The first-order valence-electron chi connectivity index (χ1n) is 7.99. The zero-order chi connectivity index (χ0) is 14.3. The van der Waals surface area contributed by atoms with E-state index in [4.69, 9.17) is 0 Å². The fourth-order valence-electron chi connectivity index (χ4n) is 3.25. The van der Waals surface area contributed by atoms with Gasteiger partial charge in [0, 0.05) is 13.1 Å². The first-order chi connectivity index (χ1) is 10.4. The fourth-order valence-corrected chi connectivity index (χ4v) is 3.25. The van der Waals surface area contributed by atoms with Gasteiger partial charge in [0.15, 0.2) is 0 Å². The maximum Gasteiger partial charge on any atom is 0.137 e. The van der Waals surface area contributed by atoms with Gasteiger partial charge in [-0.1, -0.05) is 30.3 Å². The van der Waals surface area contributed by atoms with Crippen molar-refractivity contribution in [2.24, 2.45) is 5.92 Å². The molecule has 0 bridgehead atoms. The Bertz CT molecular complexity index is 509. The molecular weight excluding hydrogens is 260 g/mol. The Morgan fingerprint density at radius 2 is 2.10 bits per heavy atom. The third-order valence-corrected chi connectivity index (χ3v) is 4.30. The van der Waals surface area contributed by atoms with E-state index in [0.717, 1.165) is 12.5 Å². The molecule has 2 heterocycles. The van der Waals surface area contributed by atoms with E-state index in [9.17, 15) is 0 Å². The molecule has 3 rings (SSSR count). The molecular formula is C17H24N4. The minimum atomic E-state index is 0.720. The second kappa shape index (κ2) is 7.36. The molecule has 0 radical (unpaired) electrons. The molecule has 2 aromatic rings. The molecule has 1 atom stereocenters. The molecule has 21 heavy (non-hydrogen) atoms. The van der Waals surface area contributed by atoms with Crippen molar-refractivity contribution in [3.05, 3.63) is 48.5 Å². The smallest absolute Gasteiger partial charge is 0.137 e. The lowest BCUT2D eigenvalue weighted by molar-refractivity contribution is 0.158. The zero-order valence-electron chi connectivity index (χ0n) is 12.6. The Balaban J connectivity index is 1.41. The van der Waals surface area contributed by atoms with E-state index in [0.29, 0.717) is 0 Å². The lowest BCUT2D eigenvalue weighted by Crippen LogP contribution is -2.37. The largest absolute Gasteiger partial charge is 0.303 e. The highest BCUT2D eigenvalue weighted by molar-refractivity contribution is 5.14. The monoisotopic (exact) mass is 284 g/mol. The summed E-state index contributed by atoms with van der Waals surface area (Å²) in [7, 11) is 0. The van der Waals surface area contributed by atoms with Crippen LogP contribution in [0.4, 0.5) is 0 Å². The highest BCUT2D eigenvalue weighted by Crippen LogP contribution is 2.18. The van der Waals surface area contributed by atoms with Gasteiger partial charge in [-0.05, 0) is 50.3 Å². The van der Waals surface area contributed by atoms with Gasteiger partial charge in [0.2, 0.25) is 0 Å². The highest BCUT2D eigenvalue weighted by Gasteiger charge is 2.20. The number of nitrogens with zero attached hydrogens (tertiary/aromatic N) is 4. The predicted octanol–water partition coefficient (Wildman–Crippen LogP) is 2.62. The number of likely N-dealkylation sites (tertiary alicyclic amines) is 1. The van der Waals surface area contributed by atoms with Gasteiger partial charge in [-0.2, -0.15) is 5.10 Å². The maximum atomic E-state index is 4.22. The molecule has 1 aromatic heterocycles. The van der Waals surface area contributed by atoms with Crippen LogP contribution in [0.5, 0.6) is 0 Å². The first kappa shape index (κ1) is 14.3. The normalized spacial score (nSPS) is 19.7. The van der Waals surface area contributed by atoms with Crippen LogP contribution < -0.4 is 0 Å². The Kier molecular flexibility index (Phi) is 5.00. The molecule has 0 unspecified atom stereocenters. The first-order valence-corrected chi connectivity index (χ1v) is 7.99. The Morgan fingerprint density at radius 3 is 2.90 bits per heavy atom. The Labute approximate surface area is 126 Å². The van der Waals surface area contributed by atoms with Crippen molar-refractivity contribution in [1.82, 2.24) is 19.7 Å². The van der Waals surface area contributed by atoms with Crippen LogP contribution in [0.1, 0.15) is 24.8 Å². The summed E-state index contributed by atoms with van der Waals surface area (Å²) in [6.45, 7) is 4.68. The summed E-state index contributed by atoms with van der Waals surface area (Å²) < 4.78 is 1.97. The molecule has 4 heteroatoms. The molecule has 1 saturated heterocycles. The quantitative estimate of drug-likeness (QED) is 0.817. The molecule has 0 amide bonds. The number of aromatic nitrogens is 3. The van der Waals surface area contributed by atoms with Gasteiger partial charge < -0.3 is 4.90 Å². The predicted molar refractivity (Wildman–Crippen MR) is 83.9 cm³/mol. The number of piperidine rings is 1. The molecule has 1 fully saturated rings. The van der Waals surface area contributed by atoms with E-state index in [1.807, 2.05) is 11.0 Å². The van der Waals surface area contributed by atoms with Crippen LogP contribution in [0, 0.1) is 5.92 Å². The van der Waals surface area contributed by atoms with Crippen LogP contribution in [0.15, 0.2) is 43.0 Å². The van der Waals surface area contributed by atoms with Gasteiger partial charge in [-0.15, -0.1) is 0 Å². The van der Waals surface area contributed by atoms with Crippen molar-refractivity contribution < 1.29 is 0 Å². The van der Waals surface area contributed by atoms with E-state index in [-0.39, 0.29) is 0 Å². The standard InChI is InChI=1S/C17H24N4/c1-2-6-16(7-3-1)8-4-10-20-11-5-9-17(12-20)13-21-15-18-14-19-21/h1-3,6-7,14-15,17H,4-5,8-13H2/t17-/m1/s1. The molecule has 1 aliphatic heterocycles. The molecule has 0 saturated carbocycles. The summed E-state index contributed by atoms with van der Waals surface area (Å²) in [6.07, 6.45) is 8.51. The second-order valence-electron chi connectivity index (χ2n) is 6.02. The van der Waals surface area contributed by atoms with Crippen LogP contribution in [0.2, 0.25) is 0 Å². The van der Waals surface area contributed by atoms with Crippen LogP contribution in [0.3, 0.4) is 0 Å². The summed E-state index contributed by atoms with van der Waals surface area (Å²) in [5.74, 6) is 0.720. The van der Waals surface area contributed by atoms with E-state index < -0.39 is 0 Å². The fraction of sp³-hybridized carbons (Fsp3) is 0.529. The average molecular weight is 284 g/mol. The number of hydrogen-bond donors (Lipinski definition) is 0. The van der Waals surface area contributed by atoms with Gasteiger partial charge in [0.05, 0.1) is 0 Å². The van der Waals surface area contributed by atoms with Crippen LogP contribution in [-0.4, -0.2) is 39.3 Å². The van der Waals surface area contributed by atoms with Crippen molar-refractivity contribution in [1.29, 1.82) is 0 Å². The SMILES string of the molecule is c1ccc(CCCN2CCC[C@@H](Cn3cncn3)C2)cc1. The third kappa shape index (κ3) is 4.39. The minimum absolute atomic E-state index is 0.720. The van der Waals surface area contributed by atoms with Gasteiger partial charge >= 0.3 is 0 Å². The minimum Gasteiger partial charge on any atom is -0.303 e. The zero-order valence-corrected chi connectivity index (χ0v) is 12.6. The van der Waals surface area contributed by atoms with E-state index in [1.54, 1.807) is 6.33 Å². The van der Waals surface area contributed by atoms with Crippen LogP contribution in [-0.2, 0) is 13.0 Å². The van der Waals surface area contributed by atoms with E-state index >= 15 is 0 Å². The number of aryl methyl sites for hydroxylation is 1. The topological polar surface area (TPSA) is 34.0 Å². The summed E-state index contributed by atoms with van der Waals surface area (Å²) >= 11 is 0. The van der Waals surface area contributed by atoms with Crippen LogP contribution >= 0.6 is 0 Å². The Hall–Kier alpha value is -1.68. The number of rotatable bonds is 6. The van der Waals surface area contributed by atoms with Crippen molar-refractivity contribution in [2.45, 2.75) is 32.2 Å². The lowest BCUT2D eigenvalue weighted by Gasteiger charge is -2.32. The van der Waals surface area contributed by atoms with Gasteiger partial charge in [0.25, 0.3) is 0 Å². The van der Waals surface area contributed by atoms with Gasteiger partial charge in [-0.25, -0.2) is 4.98 Å². The average Bonchev–Trinajstić information content (AvgIpc) is 3.02. The van der Waals surface area contributed by atoms with Crippen molar-refractivity contribution in [3.8, 4) is 0 Å². The summed E-state index contributed by atoms with van der Waals surface area (Å²) in [5, 5.41) is 4.22. The van der Waals surface area contributed by atoms with E-state index in [1.165, 1.54) is 50.9 Å². The number of hydrogen-bond acceptors (Lipinski definition) is 3.